The quantitative estimate of drug-likeness (QED) is 0.162. The average molecular weight is 713 g/mol. The standard InChI is InChI=1S/C54H36N2/c1-4-15-37(16-5-1)39-27-29-40(30-28-39)43-34-44(42-20-14-19-41(33-42)38-17-6-2-7-18-38)36-46(35-43)56-52-26-13-11-24-48(52)50-32-31-49-47-23-10-12-25-51(47)55(53(49)54(50)56)45-21-8-3-9-22-45/h1-36H. The van der Waals surface area contributed by atoms with Crippen LogP contribution in [0, 0.1) is 0 Å². The molecule has 2 nitrogen and oxygen atoms in total. The van der Waals surface area contributed by atoms with Gasteiger partial charge in [0.1, 0.15) is 0 Å². The van der Waals surface area contributed by atoms with E-state index in [9.17, 15) is 0 Å². The van der Waals surface area contributed by atoms with Crippen LogP contribution in [0.3, 0.4) is 0 Å². The summed E-state index contributed by atoms with van der Waals surface area (Å²) < 4.78 is 4.97. The fourth-order valence-electron chi connectivity index (χ4n) is 8.68. The van der Waals surface area contributed by atoms with Gasteiger partial charge in [-0.3, -0.25) is 0 Å². The third-order valence-corrected chi connectivity index (χ3v) is 11.3. The number of fused-ring (bicyclic) bond motifs is 7. The van der Waals surface area contributed by atoms with Crippen molar-refractivity contribution in [3.05, 3.63) is 218 Å². The van der Waals surface area contributed by atoms with E-state index in [0.29, 0.717) is 0 Å². The minimum atomic E-state index is 1.12. The van der Waals surface area contributed by atoms with Crippen LogP contribution >= 0.6 is 0 Å². The Morgan fingerprint density at radius 2 is 0.589 bits per heavy atom. The van der Waals surface area contributed by atoms with Crippen LogP contribution in [0.2, 0.25) is 0 Å². The Morgan fingerprint density at radius 3 is 1.16 bits per heavy atom. The molecular weight excluding hydrogens is 677 g/mol. The van der Waals surface area contributed by atoms with Gasteiger partial charge in [0.05, 0.1) is 22.1 Å². The highest BCUT2D eigenvalue weighted by atomic mass is 15.0. The summed E-state index contributed by atoms with van der Waals surface area (Å²) in [6.45, 7) is 0. The lowest BCUT2D eigenvalue weighted by atomic mass is 9.94. The second-order valence-corrected chi connectivity index (χ2v) is 14.6. The van der Waals surface area contributed by atoms with Crippen LogP contribution in [-0.4, -0.2) is 9.13 Å². The Hall–Kier alpha value is -7.42. The number of hydrogen-bond donors (Lipinski definition) is 0. The molecule has 0 atom stereocenters. The SMILES string of the molecule is c1ccc(-c2ccc(-c3cc(-c4cccc(-c5ccccc5)c4)cc(-n4c5ccccc5c5ccc6c7ccccc7n(-c7ccccc7)c6c54)c3)cc2)cc1. The maximum absolute atomic E-state index is 2.51. The van der Waals surface area contributed by atoms with Gasteiger partial charge in [0.15, 0.2) is 0 Å². The molecule has 0 saturated carbocycles. The van der Waals surface area contributed by atoms with Gasteiger partial charge in [0.2, 0.25) is 0 Å². The smallest absolute Gasteiger partial charge is 0.0788 e. The summed E-state index contributed by atoms with van der Waals surface area (Å²) >= 11 is 0. The third kappa shape index (κ3) is 5.26. The van der Waals surface area contributed by atoms with E-state index < -0.39 is 0 Å². The second kappa shape index (κ2) is 13.2. The molecule has 2 heteroatoms. The Morgan fingerprint density at radius 1 is 0.214 bits per heavy atom. The number of nitrogens with zero attached hydrogens (tertiary/aromatic N) is 2. The predicted molar refractivity (Wildman–Crippen MR) is 237 cm³/mol. The zero-order valence-electron chi connectivity index (χ0n) is 30.7. The third-order valence-electron chi connectivity index (χ3n) is 11.3. The zero-order chi connectivity index (χ0) is 37.0. The molecule has 0 aliphatic heterocycles. The Bertz CT molecular complexity index is 3210. The molecule has 262 valence electrons. The van der Waals surface area contributed by atoms with Crippen LogP contribution in [0.1, 0.15) is 0 Å². The zero-order valence-corrected chi connectivity index (χ0v) is 30.7. The molecule has 0 unspecified atom stereocenters. The number of para-hydroxylation sites is 3. The van der Waals surface area contributed by atoms with Crippen molar-refractivity contribution in [3.8, 4) is 55.9 Å². The molecule has 2 heterocycles. The highest BCUT2D eigenvalue weighted by molar-refractivity contribution is 6.23. The Labute approximate surface area is 325 Å². The molecule has 0 radical (unpaired) electrons. The maximum Gasteiger partial charge on any atom is 0.0788 e. The normalized spacial score (nSPS) is 11.6. The first-order valence-electron chi connectivity index (χ1n) is 19.3. The summed E-state index contributed by atoms with van der Waals surface area (Å²) in [5, 5.41) is 4.96. The molecule has 11 rings (SSSR count). The fraction of sp³-hybridized carbons (Fsp3) is 0. The highest BCUT2D eigenvalue weighted by Crippen LogP contribution is 2.43. The van der Waals surface area contributed by atoms with Crippen molar-refractivity contribution in [2.24, 2.45) is 0 Å². The van der Waals surface area contributed by atoms with Crippen LogP contribution in [-0.2, 0) is 0 Å². The highest BCUT2D eigenvalue weighted by Gasteiger charge is 2.22. The Kier molecular flexibility index (Phi) is 7.53. The van der Waals surface area contributed by atoms with E-state index >= 15 is 0 Å². The molecule has 0 fully saturated rings. The van der Waals surface area contributed by atoms with Gasteiger partial charge in [0, 0.05) is 32.9 Å². The van der Waals surface area contributed by atoms with E-state index in [0.717, 1.165) is 11.4 Å². The lowest BCUT2D eigenvalue weighted by Gasteiger charge is -2.16. The summed E-state index contributed by atoms with van der Waals surface area (Å²) in [5.41, 5.74) is 16.6. The molecule has 0 N–H and O–H groups in total. The van der Waals surface area contributed by atoms with E-state index in [1.54, 1.807) is 0 Å². The van der Waals surface area contributed by atoms with Crippen molar-refractivity contribution in [1.82, 2.24) is 9.13 Å². The summed E-state index contributed by atoms with van der Waals surface area (Å²) in [7, 11) is 0. The van der Waals surface area contributed by atoms with Crippen molar-refractivity contribution in [2.75, 3.05) is 0 Å². The molecule has 0 aliphatic rings. The van der Waals surface area contributed by atoms with Gasteiger partial charge in [-0.25, -0.2) is 0 Å². The number of hydrogen-bond acceptors (Lipinski definition) is 0. The number of benzene rings is 9. The van der Waals surface area contributed by atoms with Gasteiger partial charge < -0.3 is 9.13 Å². The van der Waals surface area contributed by atoms with Gasteiger partial charge in [-0.05, 0) is 93.0 Å². The molecular formula is C54H36N2. The van der Waals surface area contributed by atoms with Gasteiger partial charge in [-0.15, -0.1) is 0 Å². The lowest BCUT2D eigenvalue weighted by Crippen LogP contribution is -1.99. The molecule has 0 amide bonds. The second-order valence-electron chi connectivity index (χ2n) is 14.6. The summed E-state index contributed by atoms with van der Waals surface area (Å²) in [6.07, 6.45) is 0. The van der Waals surface area contributed by atoms with Crippen LogP contribution in [0.4, 0.5) is 0 Å². The van der Waals surface area contributed by atoms with Crippen LogP contribution in [0.5, 0.6) is 0 Å². The summed E-state index contributed by atoms with van der Waals surface area (Å²) in [6, 6.07) is 79.5. The summed E-state index contributed by atoms with van der Waals surface area (Å²) in [4.78, 5) is 0. The fourth-order valence-corrected chi connectivity index (χ4v) is 8.68. The topological polar surface area (TPSA) is 9.86 Å². The van der Waals surface area contributed by atoms with Crippen molar-refractivity contribution in [2.45, 2.75) is 0 Å². The van der Waals surface area contributed by atoms with E-state index in [-0.39, 0.29) is 0 Å². The van der Waals surface area contributed by atoms with Crippen molar-refractivity contribution in [3.63, 3.8) is 0 Å². The minimum Gasteiger partial charge on any atom is -0.307 e. The van der Waals surface area contributed by atoms with Crippen molar-refractivity contribution < 1.29 is 0 Å². The van der Waals surface area contributed by atoms with Crippen molar-refractivity contribution >= 4 is 43.6 Å². The van der Waals surface area contributed by atoms with Gasteiger partial charge >= 0.3 is 0 Å². The Balaban J connectivity index is 1.22. The van der Waals surface area contributed by atoms with Crippen LogP contribution in [0.15, 0.2) is 218 Å². The predicted octanol–water partition coefficient (Wildman–Crippen LogP) is 14.5. The molecule has 0 saturated heterocycles. The first-order valence-corrected chi connectivity index (χ1v) is 19.3. The molecule has 0 spiro atoms. The molecule has 56 heavy (non-hydrogen) atoms. The monoisotopic (exact) mass is 712 g/mol. The molecule has 0 aliphatic carbocycles. The largest absolute Gasteiger partial charge is 0.307 e. The number of aromatic nitrogens is 2. The van der Waals surface area contributed by atoms with Gasteiger partial charge in [0.25, 0.3) is 0 Å². The average Bonchev–Trinajstić information content (AvgIpc) is 3.80. The van der Waals surface area contributed by atoms with E-state index in [1.165, 1.54) is 88.1 Å². The van der Waals surface area contributed by atoms with E-state index in [4.69, 9.17) is 0 Å². The maximum atomic E-state index is 2.51. The first kappa shape index (κ1) is 32.0. The van der Waals surface area contributed by atoms with Crippen molar-refractivity contribution in [1.29, 1.82) is 0 Å². The number of rotatable bonds is 6. The van der Waals surface area contributed by atoms with E-state index in [2.05, 4.69) is 228 Å². The molecule has 11 aromatic rings. The van der Waals surface area contributed by atoms with Crippen LogP contribution in [0.25, 0.3) is 99.5 Å². The molecule has 2 aromatic heterocycles. The molecule has 9 aromatic carbocycles. The summed E-state index contributed by atoms with van der Waals surface area (Å²) in [5.74, 6) is 0. The lowest BCUT2D eigenvalue weighted by molar-refractivity contribution is 1.15. The minimum absolute atomic E-state index is 1.12. The van der Waals surface area contributed by atoms with Crippen LogP contribution < -0.4 is 0 Å². The van der Waals surface area contributed by atoms with Gasteiger partial charge in [-0.2, -0.15) is 0 Å². The molecule has 0 bridgehead atoms. The van der Waals surface area contributed by atoms with Gasteiger partial charge in [-0.1, -0.05) is 170 Å². The van der Waals surface area contributed by atoms with E-state index in [1.807, 2.05) is 0 Å². The first-order chi connectivity index (χ1) is 27.8.